The van der Waals surface area contributed by atoms with E-state index >= 15 is 0 Å². The third kappa shape index (κ3) is 3.83. The first-order valence-electron chi connectivity index (χ1n) is 10.4. The summed E-state index contributed by atoms with van der Waals surface area (Å²) in [7, 11) is 1.67. The Labute approximate surface area is 192 Å². The minimum atomic E-state index is -0.0840. The Bertz CT molecular complexity index is 1190. The third-order valence-corrected chi connectivity index (χ3v) is 6.04. The molecule has 1 aliphatic rings. The van der Waals surface area contributed by atoms with Crippen molar-refractivity contribution in [3.63, 3.8) is 0 Å². The van der Waals surface area contributed by atoms with E-state index in [9.17, 15) is 0 Å². The van der Waals surface area contributed by atoms with Gasteiger partial charge in [-0.1, -0.05) is 12.1 Å². The van der Waals surface area contributed by atoms with Crippen LogP contribution in [0.4, 0.5) is 0 Å². The second kappa shape index (κ2) is 8.80. The van der Waals surface area contributed by atoms with E-state index in [2.05, 4.69) is 55.2 Å². The fraction of sp³-hybridized carbons (Fsp3) is 0.160. The Kier molecular flexibility index (Phi) is 5.56. The fourth-order valence-electron chi connectivity index (χ4n) is 4.18. The van der Waals surface area contributed by atoms with E-state index in [-0.39, 0.29) is 12.1 Å². The summed E-state index contributed by atoms with van der Waals surface area (Å²) in [4.78, 5) is 11.4. The lowest BCUT2D eigenvalue weighted by Crippen LogP contribution is -2.30. The van der Waals surface area contributed by atoms with Crippen LogP contribution in [0.2, 0.25) is 0 Å². The summed E-state index contributed by atoms with van der Waals surface area (Å²) in [6.45, 7) is 0.606. The molecule has 0 bridgehead atoms. The standard InChI is InChI=1S/C25H23N5OS/c1-31-20-12-10-19(11-13-20)29-16-6-9-22(29)24-23(21-8-3-5-15-27-21)28-25(32)30(24)17-18-7-2-4-14-26-18/h2-16,23-24H,17H2,1H3,(H,28,32)/t23-,24-/m1/s1. The van der Waals surface area contributed by atoms with Gasteiger partial charge < -0.3 is 19.5 Å². The van der Waals surface area contributed by atoms with Crippen LogP contribution < -0.4 is 10.1 Å². The van der Waals surface area contributed by atoms with Crippen molar-refractivity contribution in [3.8, 4) is 11.4 Å². The molecule has 1 aliphatic heterocycles. The van der Waals surface area contributed by atoms with Gasteiger partial charge in [0.1, 0.15) is 5.75 Å². The molecule has 1 aromatic carbocycles. The quantitative estimate of drug-likeness (QED) is 0.446. The highest BCUT2D eigenvalue weighted by Gasteiger charge is 2.41. The average Bonchev–Trinajstić information content (AvgIpc) is 3.45. The molecule has 160 valence electrons. The van der Waals surface area contributed by atoms with Gasteiger partial charge in [0.15, 0.2) is 5.11 Å². The molecule has 0 aliphatic carbocycles. The number of hydrogen-bond acceptors (Lipinski definition) is 4. The van der Waals surface area contributed by atoms with Gasteiger partial charge >= 0.3 is 0 Å². The maximum Gasteiger partial charge on any atom is 0.170 e. The summed E-state index contributed by atoms with van der Waals surface area (Å²) in [5, 5.41) is 4.20. The van der Waals surface area contributed by atoms with Crippen molar-refractivity contribution in [2.45, 2.75) is 18.6 Å². The molecule has 3 aromatic heterocycles. The maximum absolute atomic E-state index is 5.79. The van der Waals surface area contributed by atoms with E-state index in [0.717, 1.165) is 28.5 Å². The van der Waals surface area contributed by atoms with Gasteiger partial charge in [-0.25, -0.2) is 0 Å². The van der Waals surface area contributed by atoms with Crippen molar-refractivity contribution in [2.75, 3.05) is 7.11 Å². The van der Waals surface area contributed by atoms with Crippen molar-refractivity contribution < 1.29 is 4.74 Å². The van der Waals surface area contributed by atoms with E-state index in [0.29, 0.717) is 11.7 Å². The van der Waals surface area contributed by atoms with Crippen LogP contribution in [-0.4, -0.2) is 31.7 Å². The van der Waals surface area contributed by atoms with Crippen LogP contribution in [0.5, 0.6) is 5.75 Å². The highest BCUT2D eigenvalue weighted by atomic mass is 32.1. The molecular weight excluding hydrogens is 418 g/mol. The van der Waals surface area contributed by atoms with Gasteiger partial charge in [-0.05, 0) is 72.9 Å². The van der Waals surface area contributed by atoms with E-state index in [1.807, 2.05) is 60.9 Å². The van der Waals surface area contributed by atoms with Crippen LogP contribution in [0, 0.1) is 0 Å². The van der Waals surface area contributed by atoms with E-state index in [1.54, 1.807) is 7.11 Å². The Hall–Kier alpha value is -3.71. The van der Waals surface area contributed by atoms with Crippen LogP contribution in [0.1, 0.15) is 29.2 Å². The van der Waals surface area contributed by atoms with Crippen LogP contribution in [0.3, 0.4) is 0 Å². The topological polar surface area (TPSA) is 55.2 Å². The highest BCUT2D eigenvalue weighted by Crippen LogP contribution is 2.40. The average molecular weight is 442 g/mol. The largest absolute Gasteiger partial charge is 0.497 e. The first-order valence-corrected chi connectivity index (χ1v) is 10.8. The third-order valence-electron chi connectivity index (χ3n) is 5.69. The summed E-state index contributed by atoms with van der Waals surface area (Å²) in [5.74, 6) is 0.828. The summed E-state index contributed by atoms with van der Waals surface area (Å²) < 4.78 is 7.52. The number of methoxy groups -OCH3 is 1. The van der Waals surface area contributed by atoms with Gasteiger partial charge in [0.2, 0.25) is 0 Å². The summed E-state index contributed by atoms with van der Waals surface area (Å²) in [6.07, 6.45) is 5.71. The number of rotatable bonds is 6. The minimum absolute atomic E-state index is 0.0588. The molecule has 0 radical (unpaired) electrons. The Balaban J connectivity index is 1.58. The predicted molar refractivity (Wildman–Crippen MR) is 128 cm³/mol. The van der Waals surface area contributed by atoms with Gasteiger partial charge in [0.05, 0.1) is 37.1 Å². The van der Waals surface area contributed by atoms with Gasteiger partial charge in [-0.2, -0.15) is 0 Å². The molecule has 0 saturated carbocycles. The molecule has 32 heavy (non-hydrogen) atoms. The Morgan fingerprint density at radius 2 is 1.72 bits per heavy atom. The van der Waals surface area contributed by atoms with Crippen molar-refractivity contribution in [1.82, 2.24) is 24.8 Å². The first kappa shape index (κ1) is 20.2. The summed E-state index contributed by atoms with van der Waals surface area (Å²) >= 11 is 5.79. The smallest absolute Gasteiger partial charge is 0.170 e. The molecule has 4 heterocycles. The van der Waals surface area contributed by atoms with Crippen LogP contribution in [0.15, 0.2) is 91.4 Å². The lowest BCUT2D eigenvalue weighted by molar-refractivity contribution is 0.299. The molecule has 1 fully saturated rings. The fourth-order valence-corrected chi connectivity index (χ4v) is 4.48. The number of thiocarbonyl (C=S) groups is 1. The zero-order valence-electron chi connectivity index (χ0n) is 17.6. The van der Waals surface area contributed by atoms with Crippen LogP contribution in [-0.2, 0) is 6.54 Å². The van der Waals surface area contributed by atoms with Gasteiger partial charge in [-0.15, -0.1) is 0 Å². The molecule has 6 nitrogen and oxygen atoms in total. The van der Waals surface area contributed by atoms with Crippen molar-refractivity contribution >= 4 is 17.3 Å². The summed E-state index contributed by atoms with van der Waals surface area (Å²) in [6, 6.07) is 24.0. The summed E-state index contributed by atoms with van der Waals surface area (Å²) in [5.41, 5.74) is 4.09. The molecule has 7 heteroatoms. The van der Waals surface area contributed by atoms with E-state index in [4.69, 9.17) is 17.0 Å². The number of ether oxygens (including phenoxy) is 1. The van der Waals surface area contributed by atoms with Gasteiger partial charge in [-0.3, -0.25) is 9.97 Å². The minimum Gasteiger partial charge on any atom is -0.497 e. The highest BCUT2D eigenvalue weighted by molar-refractivity contribution is 7.80. The number of nitrogens with one attached hydrogen (secondary N) is 1. The molecular formula is C25H23N5OS. The van der Waals surface area contributed by atoms with Crippen molar-refractivity contribution in [1.29, 1.82) is 0 Å². The number of pyridine rings is 2. The Morgan fingerprint density at radius 1 is 0.938 bits per heavy atom. The molecule has 1 N–H and O–H groups in total. The number of benzene rings is 1. The molecule has 4 aromatic rings. The first-order chi connectivity index (χ1) is 15.7. The van der Waals surface area contributed by atoms with Crippen LogP contribution >= 0.6 is 12.2 Å². The second-order valence-corrected chi connectivity index (χ2v) is 7.96. The van der Waals surface area contributed by atoms with Gasteiger partial charge in [0.25, 0.3) is 0 Å². The number of hydrogen-bond donors (Lipinski definition) is 1. The molecule has 5 rings (SSSR count). The lowest BCUT2D eigenvalue weighted by Gasteiger charge is -2.28. The molecule has 1 saturated heterocycles. The monoisotopic (exact) mass is 441 g/mol. The lowest BCUT2D eigenvalue weighted by atomic mass is 10.0. The molecule has 0 spiro atoms. The zero-order chi connectivity index (χ0) is 21.9. The van der Waals surface area contributed by atoms with E-state index in [1.165, 1.54) is 0 Å². The Morgan fingerprint density at radius 3 is 2.41 bits per heavy atom. The molecule has 2 atom stereocenters. The van der Waals surface area contributed by atoms with E-state index < -0.39 is 0 Å². The second-order valence-electron chi connectivity index (χ2n) is 7.58. The van der Waals surface area contributed by atoms with Gasteiger partial charge in [0, 0.05) is 30.0 Å². The van der Waals surface area contributed by atoms with Crippen LogP contribution in [0.25, 0.3) is 5.69 Å². The molecule has 0 unspecified atom stereocenters. The maximum atomic E-state index is 5.79. The predicted octanol–water partition coefficient (Wildman–Crippen LogP) is 4.45. The molecule has 0 amide bonds. The SMILES string of the molecule is COc1ccc(-n2cccc2[C@@H]2[C@@H](c3ccccn3)NC(=S)N2Cc2ccccn2)cc1. The number of nitrogens with zero attached hydrogens (tertiary/aromatic N) is 4. The van der Waals surface area contributed by atoms with Crippen molar-refractivity contribution in [3.05, 3.63) is 108 Å². The zero-order valence-corrected chi connectivity index (χ0v) is 18.4. The number of aromatic nitrogens is 3. The van der Waals surface area contributed by atoms with Crippen molar-refractivity contribution in [2.24, 2.45) is 0 Å². The normalized spacial score (nSPS) is 17.9.